The zero-order valence-electron chi connectivity index (χ0n) is 8.28. The molecule has 0 saturated carbocycles. The smallest absolute Gasteiger partial charge is 0.309 e. The number of nitrogens with zero attached hydrogens (tertiary/aromatic N) is 1. The Morgan fingerprint density at radius 2 is 2.00 bits per heavy atom. The lowest BCUT2D eigenvalue weighted by Crippen LogP contribution is -2.17. The Labute approximate surface area is 82.6 Å². The molecular weight excluding hydrogens is 186 g/mol. The summed E-state index contributed by atoms with van der Waals surface area (Å²) in [5.74, 6) is -1.39. The van der Waals surface area contributed by atoms with E-state index in [4.69, 9.17) is 5.26 Å². The van der Waals surface area contributed by atoms with Gasteiger partial charge in [-0.3, -0.25) is 9.59 Å². The van der Waals surface area contributed by atoms with E-state index in [1.54, 1.807) is 0 Å². The second-order valence-electron chi connectivity index (χ2n) is 2.70. The van der Waals surface area contributed by atoms with Crippen molar-refractivity contribution in [2.24, 2.45) is 5.92 Å². The van der Waals surface area contributed by atoms with Gasteiger partial charge in [-0.25, -0.2) is 0 Å². The third-order valence-corrected chi connectivity index (χ3v) is 1.80. The number of hydrogen-bond donors (Lipinski definition) is 0. The number of carbonyl (C=O) groups excluding carboxylic acids is 2. The molecule has 0 unspecified atom stereocenters. The van der Waals surface area contributed by atoms with Crippen LogP contribution in [0.25, 0.3) is 0 Å². The van der Waals surface area contributed by atoms with Crippen molar-refractivity contribution in [3.8, 4) is 6.07 Å². The van der Waals surface area contributed by atoms with Crippen LogP contribution in [0, 0.1) is 17.2 Å². The van der Waals surface area contributed by atoms with Gasteiger partial charge in [-0.1, -0.05) is 0 Å². The van der Waals surface area contributed by atoms with E-state index in [2.05, 4.69) is 9.47 Å². The van der Waals surface area contributed by atoms with Gasteiger partial charge < -0.3 is 9.47 Å². The summed E-state index contributed by atoms with van der Waals surface area (Å²) in [6, 6.07) is 1.87. The lowest BCUT2D eigenvalue weighted by Gasteiger charge is -2.09. The molecule has 1 atom stereocenters. The van der Waals surface area contributed by atoms with E-state index in [9.17, 15) is 9.59 Å². The minimum absolute atomic E-state index is 0.0592. The van der Waals surface area contributed by atoms with Crippen molar-refractivity contribution >= 4 is 11.9 Å². The summed E-state index contributed by atoms with van der Waals surface area (Å²) in [6.07, 6.45) is 0.467. The van der Waals surface area contributed by atoms with Crippen molar-refractivity contribution in [2.75, 3.05) is 14.2 Å². The molecule has 0 aliphatic rings. The first kappa shape index (κ1) is 12.4. The molecule has 0 aliphatic carbocycles. The van der Waals surface area contributed by atoms with Gasteiger partial charge in [0.25, 0.3) is 0 Å². The zero-order valence-corrected chi connectivity index (χ0v) is 8.28. The van der Waals surface area contributed by atoms with E-state index in [1.165, 1.54) is 14.2 Å². The number of carbonyl (C=O) groups is 2. The van der Waals surface area contributed by atoms with E-state index in [0.29, 0.717) is 0 Å². The Balaban J connectivity index is 4.04. The fraction of sp³-hybridized carbons (Fsp3) is 0.667. The topological polar surface area (TPSA) is 76.4 Å². The second-order valence-corrected chi connectivity index (χ2v) is 2.70. The van der Waals surface area contributed by atoms with Crippen LogP contribution >= 0.6 is 0 Å². The maximum Gasteiger partial charge on any atom is 0.309 e. The standard InChI is InChI=1S/C9H13NO4/c1-13-8(11)4-3-7(5-6-10)9(12)14-2/h7H,3-5H2,1-2H3/t7-/m1/s1. The fourth-order valence-electron chi connectivity index (χ4n) is 0.974. The Bertz CT molecular complexity index is 244. The molecule has 0 N–H and O–H groups in total. The Morgan fingerprint density at radius 3 is 2.43 bits per heavy atom. The molecule has 0 fully saturated rings. The molecule has 0 amide bonds. The van der Waals surface area contributed by atoms with Crippen molar-refractivity contribution in [1.29, 1.82) is 5.26 Å². The quantitative estimate of drug-likeness (QED) is 0.607. The Hall–Kier alpha value is -1.57. The van der Waals surface area contributed by atoms with E-state index in [-0.39, 0.29) is 19.3 Å². The molecular formula is C9H13NO4. The third-order valence-electron chi connectivity index (χ3n) is 1.80. The van der Waals surface area contributed by atoms with Gasteiger partial charge >= 0.3 is 11.9 Å². The van der Waals surface area contributed by atoms with Crippen LogP contribution in [-0.2, 0) is 19.1 Å². The van der Waals surface area contributed by atoms with Crippen molar-refractivity contribution in [3.05, 3.63) is 0 Å². The monoisotopic (exact) mass is 199 g/mol. The van der Waals surface area contributed by atoms with Gasteiger partial charge in [-0.2, -0.15) is 5.26 Å². The SMILES string of the molecule is COC(=O)CC[C@H](CC#N)C(=O)OC. The van der Waals surface area contributed by atoms with E-state index in [0.717, 1.165) is 0 Å². The highest BCUT2D eigenvalue weighted by molar-refractivity contribution is 5.74. The van der Waals surface area contributed by atoms with Gasteiger partial charge in [-0.05, 0) is 6.42 Å². The van der Waals surface area contributed by atoms with E-state index < -0.39 is 17.9 Å². The lowest BCUT2D eigenvalue weighted by molar-refractivity contribution is -0.146. The van der Waals surface area contributed by atoms with Gasteiger partial charge in [0.1, 0.15) is 0 Å². The molecule has 0 spiro atoms. The van der Waals surface area contributed by atoms with Gasteiger partial charge in [0.05, 0.1) is 26.2 Å². The van der Waals surface area contributed by atoms with Gasteiger partial charge in [0, 0.05) is 12.8 Å². The first-order chi connectivity index (χ1) is 6.65. The lowest BCUT2D eigenvalue weighted by atomic mass is 10.0. The van der Waals surface area contributed by atoms with Gasteiger partial charge in [0.15, 0.2) is 0 Å². The van der Waals surface area contributed by atoms with Crippen LogP contribution in [0.3, 0.4) is 0 Å². The maximum atomic E-state index is 11.1. The van der Waals surface area contributed by atoms with E-state index >= 15 is 0 Å². The highest BCUT2D eigenvalue weighted by Gasteiger charge is 2.19. The number of hydrogen-bond acceptors (Lipinski definition) is 5. The number of ether oxygens (including phenoxy) is 2. The average molecular weight is 199 g/mol. The molecule has 5 nitrogen and oxygen atoms in total. The van der Waals surface area contributed by atoms with Gasteiger partial charge in [0.2, 0.25) is 0 Å². The molecule has 0 aromatic carbocycles. The van der Waals surface area contributed by atoms with Crippen LogP contribution < -0.4 is 0 Å². The molecule has 5 heteroatoms. The zero-order chi connectivity index (χ0) is 11.0. The normalized spacial score (nSPS) is 11.2. The third kappa shape index (κ3) is 4.45. The summed E-state index contributed by atoms with van der Waals surface area (Å²) >= 11 is 0. The molecule has 14 heavy (non-hydrogen) atoms. The summed E-state index contributed by atoms with van der Waals surface area (Å²) < 4.78 is 8.91. The molecule has 78 valence electrons. The van der Waals surface area contributed by atoms with Gasteiger partial charge in [-0.15, -0.1) is 0 Å². The first-order valence-electron chi connectivity index (χ1n) is 4.17. The molecule has 0 rings (SSSR count). The summed E-state index contributed by atoms with van der Waals surface area (Å²) in [4.78, 5) is 21.9. The van der Waals surface area contributed by atoms with Crippen molar-refractivity contribution < 1.29 is 19.1 Å². The number of rotatable bonds is 5. The van der Waals surface area contributed by atoms with Crippen molar-refractivity contribution in [3.63, 3.8) is 0 Å². The molecule has 0 aromatic heterocycles. The summed E-state index contributed by atoms with van der Waals surface area (Å²) in [5, 5.41) is 8.43. The molecule has 0 bridgehead atoms. The minimum Gasteiger partial charge on any atom is -0.469 e. The highest BCUT2D eigenvalue weighted by Crippen LogP contribution is 2.12. The Morgan fingerprint density at radius 1 is 1.36 bits per heavy atom. The van der Waals surface area contributed by atoms with Crippen LogP contribution in [0.2, 0.25) is 0 Å². The molecule has 0 saturated heterocycles. The first-order valence-corrected chi connectivity index (χ1v) is 4.17. The molecule has 0 aliphatic heterocycles. The van der Waals surface area contributed by atoms with Crippen LogP contribution in [0.15, 0.2) is 0 Å². The predicted octanol–water partition coefficient (Wildman–Crippen LogP) is 0.642. The largest absolute Gasteiger partial charge is 0.469 e. The van der Waals surface area contributed by atoms with Crippen LogP contribution in [0.4, 0.5) is 0 Å². The fourth-order valence-corrected chi connectivity index (χ4v) is 0.974. The Kier molecular flexibility index (Phi) is 6.12. The number of esters is 2. The number of methoxy groups -OCH3 is 2. The molecule has 0 radical (unpaired) electrons. The van der Waals surface area contributed by atoms with Crippen LogP contribution in [-0.4, -0.2) is 26.2 Å². The highest BCUT2D eigenvalue weighted by atomic mass is 16.5. The second kappa shape index (κ2) is 6.89. The summed E-state index contributed by atoms with van der Waals surface area (Å²) in [5.41, 5.74) is 0. The summed E-state index contributed by atoms with van der Waals surface area (Å²) in [7, 11) is 2.53. The van der Waals surface area contributed by atoms with Crippen molar-refractivity contribution in [1.82, 2.24) is 0 Å². The summed E-state index contributed by atoms with van der Waals surface area (Å²) in [6.45, 7) is 0. The minimum atomic E-state index is -0.538. The van der Waals surface area contributed by atoms with Crippen LogP contribution in [0.1, 0.15) is 19.3 Å². The predicted molar refractivity (Wildman–Crippen MR) is 47.0 cm³/mol. The van der Waals surface area contributed by atoms with Crippen molar-refractivity contribution in [2.45, 2.75) is 19.3 Å². The molecule has 0 heterocycles. The maximum absolute atomic E-state index is 11.1. The number of nitriles is 1. The molecule has 0 aromatic rings. The van der Waals surface area contributed by atoms with Crippen LogP contribution in [0.5, 0.6) is 0 Å². The average Bonchev–Trinajstić information content (AvgIpc) is 2.22. The van der Waals surface area contributed by atoms with E-state index in [1.807, 2.05) is 6.07 Å².